The van der Waals surface area contributed by atoms with Crippen molar-refractivity contribution in [1.82, 2.24) is 9.80 Å². The van der Waals surface area contributed by atoms with Crippen molar-refractivity contribution >= 4 is 29.3 Å². The molecule has 3 fully saturated rings. The fraction of sp³-hybridized carbons (Fsp3) is 0.560. The number of amides is 1. The summed E-state index contributed by atoms with van der Waals surface area (Å²) in [5, 5.41) is 13.2. The van der Waals surface area contributed by atoms with Crippen LogP contribution in [0.3, 0.4) is 0 Å². The average Bonchev–Trinajstić information content (AvgIpc) is 3.06. The summed E-state index contributed by atoms with van der Waals surface area (Å²) in [6, 6.07) is 10.6. The number of rotatable bonds is 9. The third-order valence-corrected chi connectivity index (χ3v) is 8.66. The second kappa shape index (κ2) is 9.40. The van der Waals surface area contributed by atoms with Gasteiger partial charge < -0.3 is 15.0 Å². The summed E-state index contributed by atoms with van der Waals surface area (Å²) in [5.74, 6) is -1.70. The quantitative estimate of drug-likeness (QED) is 0.440. The number of carbonyl (C=O) groups excluding carboxylic acids is 2. The molecule has 1 N–H and O–H groups in total. The Morgan fingerprint density at radius 1 is 1.42 bits per heavy atom. The minimum absolute atomic E-state index is 0.0463. The number of likely N-dealkylation sites (tertiary alicyclic amines) is 1. The molecule has 2 saturated heterocycles. The van der Waals surface area contributed by atoms with Crippen LogP contribution in [0.2, 0.25) is 0 Å². The molecule has 1 spiro atoms. The average molecular weight is 469 g/mol. The molecule has 0 radical (unpaired) electrons. The first-order valence-electron chi connectivity index (χ1n) is 11.6. The molecule has 1 aromatic rings. The van der Waals surface area contributed by atoms with Gasteiger partial charge in [-0.05, 0) is 57.5 Å². The number of benzene rings is 1. The van der Waals surface area contributed by atoms with Gasteiger partial charge in [0.15, 0.2) is 0 Å². The number of esters is 1. The van der Waals surface area contributed by atoms with Crippen LogP contribution >= 0.6 is 11.8 Å². The van der Waals surface area contributed by atoms with Crippen LogP contribution < -0.4 is 5.32 Å². The van der Waals surface area contributed by atoms with Gasteiger partial charge in [-0.25, -0.2) is 0 Å². The van der Waals surface area contributed by atoms with Gasteiger partial charge >= 0.3 is 5.97 Å². The van der Waals surface area contributed by atoms with E-state index >= 15 is 0 Å². The van der Waals surface area contributed by atoms with Crippen molar-refractivity contribution < 1.29 is 14.3 Å². The minimum Gasteiger partial charge on any atom is -0.461 e. The highest BCUT2D eigenvalue weighted by Gasteiger charge is 2.80. The van der Waals surface area contributed by atoms with E-state index in [2.05, 4.69) is 35.0 Å². The maximum absolute atomic E-state index is 13.5. The summed E-state index contributed by atoms with van der Waals surface area (Å²) in [5.41, 5.74) is 2.22. The third-order valence-electron chi connectivity index (χ3n) is 6.84. The molecule has 2 aliphatic heterocycles. The topological polar surface area (TPSA) is 85.7 Å². The van der Waals surface area contributed by atoms with Crippen molar-refractivity contribution in [3.05, 3.63) is 42.5 Å². The third kappa shape index (κ3) is 4.24. The molecule has 4 rings (SSSR count). The van der Waals surface area contributed by atoms with E-state index in [9.17, 15) is 14.9 Å². The Kier molecular flexibility index (Phi) is 6.73. The minimum atomic E-state index is -0.854. The van der Waals surface area contributed by atoms with E-state index in [1.807, 2.05) is 26.0 Å². The van der Waals surface area contributed by atoms with Crippen LogP contribution in [0.25, 0.3) is 0 Å². The second-order valence-electron chi connectivity index (χ2n) is 9.17. The molecule has 4 unspecified atom stereocenters. The predicted molar refractivity (Wildman–Crippen MR) is 129 cm³/mol. The van der Waals surface area contributed by atoms with Crippen molar-refractivity contribution in [3.63, 3.8) is 0 Å². The molecule has 1 saturated carbocycles. The molecule has 1 aromatic carbocycles. The number of ether oxygens (including phenoxy) is 1. The van der Waals surface area contributed by atoms with Crippen molar-refractivity contribution in [2.75, 3.05) is 38.1 Å². The fourth-order valence-corrected chi connectivity index (χ4v) is 7.17. The number of hydrogen-bond donors (Lipinski definition) is 1. The number of carbonyl (C=O) groups is 2. The highest BCUT2D eigenvalue weighted by Crippen LogP contribution is 2.69. The van der Waals surface area contributed by atoms with Gasteiger partial charge in [0.05, 0.1) is 12.0 Å². The molecule has 0 aromatic heterocycles. The van der Waals surface area contributed by atoms with E-state index in [4.69, 9.17) is 4.74 Å². The molecule has 176 valence electrons. The smallest absolute Gasteiger partial charge is 0.314 e. The molecule has 3 aliphatic rings. The number of thioether (sulfide) groups is 1. The molecular weight excluding hydrogens is 436 g/mol. The highest BCUT2D eigenvalue weighted by molar-refractivity contribution is 8.03. The molecule has 33 heavy (non-hydrogen) atoms. The Bertz CT molecular complexity index is 973. The van der Waals surface area contributed by atoms with Crippen LogP contribution in [-0.2, 0) is 20.9 Å². The summed E-state index contributed by atoms with van der Waals surface area (Å²) in [7, 11) is 0. The zero-order valence-electron chi connectivity index (χ0n) is 19.4. The first-order valence-corrected chi connectivity index (χ1v) is 12.5. The number of nitriles is 1. The Hall–Kier alpha value is -2.50. The lowest BCUT2D eigenvalue weighted by Crippen LogP contribution is -2.43. The van der Waals surface area contributed by atoms with Crippen LogP contribution in [-0.4, -0.2) is 64.1 Å². The number of nitrogens with zero attached hydrogens (tertiary/aromatic N) is 3. The Morgan fingerprint density at radius 2 is 2.18 bits per heavy atom. The van der Waals surface area contributed by atoms with E-state index in [-0.39, 0.29) is 12.5 Å². The van der Waals surface area contributed by atoms with E-state index < -0.39 is 27.4 Å². The van der Waals surface area contributed by atoms with E-state index in [1.54, 1.807) is 4.90 Å². The first kappa shape index (κ1) is 23.7. The van der Waals surface area contributed by atoms with Gasteiger partial charge in [-0.15, -0.1) is 11.8 Å². The lowest BCUT2D eigenvalue weighted by molar-refractivity contribution is -0.145. The van der Waals surface area contributed by atoms with Gasteiger partial charge in [0.2, 0.25) is 5.91 Å². The van der Waals surface area contributed by atoms with Crippen LogP contribution in [0.5, 0.6) is 0 Å². The Balaban J connectivity index is 1.47. The molecule has 0 bridgehead atoms. The molecule has 2 heterocycles. The van der Waals surface area contributed by atoms with Crippen molar-refractivity contribution in [2.24, 2.45) is 11.8 Å². The summed E-state index contributed by atoms with van der Waals surface area (Å²) < 4.78 is 4.46. The highest BCUT2D eigenvalue weighted by atomic mass is 32.2. The molecular formula is C25H32N4O3S. The molecule has 1 aliphatic carbocycles. The summed E-state index contributed by atoms with van der Waals surface area (Å²) >= 11 is 1.43. The van der Waals surface area contributed by atoms with Crippen LogP contribution in [0.4, 0.5) is 5.69 Å². The Labute approximate surface area is 200 Å². The standard InChI is InChI=1S/C25H32N4O3S/c1-4-13-32-22(30)21-20(15-26)25(21)29(5-2)23(31)24(3,33-25)17-27-19-10-8-9-18(14-19)16-28-11-6-7-12-28/h4,8-10,14,20-21,27H,1,5-7,11-13,16-17H2,2-3H3. The van der Waals surface area contributed by atoms with Crippen LogP contribution in [0.1, 0.15) is 32.3 Å². The van der Waals surface area contributed by atoms with Gasteiger partial charge in [-0.2, -0.15) is 5.26 Å². The second-order valence-corrected chi connectivity index (χ2v) is 10.9. The summed E-state index contributed by atoms with van der Waals surface area (Å²) in [6.45, 7) is 11.5. The van der Waals surface area contributed by atoms with E-state index in [0.717, 1.165) is 25.3 Å². The van der Waals surface area contributed by atoms with Gasteiger partial charge in [-0.1, -0.05) is 24.8 Å². The van der Waals surface area contributed by atoms with Crippen molar-refractivity contribution in [1.29, 1.82) is 5.26 Å². The SMILES string of the molecule is C=CCOC(=O)C1C(C#N)C12SC(C)(CNc1cccc(CN3CCCC3)c1)C(=O)N2CC. The predicted octanol–water partition coefficient (Wildman–Crippen LogP) is 3.24. The fourth-order valence-electron chi connectivity index (χ4n) is 5.17. The van der Waals surface area contributed by atoms with Crippen LogP contribution in [0, 0.1) is 23.2 Å². The van der Waals surface area contributed by atoms with Gasteiger partial charge in [0.1, 0.15) is 22.1 Å². The first-order chi connectivity index (χ1) is 15.9. The zero-order chi connectivity index (χ0) is 23.6. The van der Waals surface area contributed by atoms with Crippen molar-refractivity contribution in [3.8, 4) is 6.07 Å². The zero-order valence-corrected chi connectivity index (χ0v) is 20.2. The maximum Gasteiger partial charge on any atom is 0.314 e. The largest absolute Gasteiger partial charge is 0.461 e. The lowest BCUT2D eigenvalue weighted by atomic mass is 10.1. The summed E-state index contributed by atoms with van der Waals surface area (Å²) in [6.07, 6.45) is 4.03. The van der Waals surface area contributed by atoms with Crippen LogP contribution in [0.15, 0.2) is 36.9 Å². The van der Waals surface area contributed by atoms with Crippen molar-refractivity contribution in [2.45, 2.75) is 42.9 Å². The maximum atomic E-state index is 13.5. The normalized spacial score (nSPS) is 30.9. The van der Waals surface area contributed by atoms with E-state index in [0.29, 0.717) is 13.1 Å². The Morgan fingerprint density at radius 3 is 2.85 bits per heavy atom. The van der Waals surface area contributed by atoms with Gasteiger partial charge in [0, 0.05) is 25.3 Å². The summed E-state index contributed by atoms with van der Waals surface area (Å²) in [4.78, 5) is 29.4. The monoisotopic (exact) mass is 468 g/mol. The number of hydrogen-bond acceptors (Lipinski definition) is 7. The van der Waals surface area contributed by atoms with E-state index in [1.165, 1.54) is 36.2 Å². The lowest BCUT2D eigenvalue weighted by Gasteiger charge is -2.23. The molecule has 8 heteroatoms. The molecule has 1 amide bonds. The van der Waals surface area contributed by atoms with Gasteiger partial charge in [0.25, 0.3) is 0 Å². The molecule has 4 atom stereocenters. The van der Waals surface area contributed by atoms with Gasteiger partial charge in [-0.3, -0.25) is 14.5 Å². The number of nitrogens with one attached hydrogen (secondary N) is 1. The number of anilines is 1. The molecule has 7 nitrogen and oxygen atoms in total.